The number of carbonyl (C=O) groups excluding carboxylic acids is 3. The molecule has 1 aromatic carbocycles. The molecule has 0 saturated carbocycles. The lowest BCUT2D eigenvalue weighted by Gasteiger charge is -2.38. The molecular weight excluding hydrogens is 428 g/mol. The summed E-state index contributed by atoms with van der Waals surface area (Å²) in [6.07, 6.45) is 6.23. The molecule has 0 aliphatic carbocycles. The summed E-state index contributed by atoms with van der Waals surface area (Å²) in [6, 6.07) is 10.4. The highest BCUT2D eigenvalue weighted by Crippen LogP contribution is 2.23. The van der Waals surface area contributed by atoms with E-state index < -0.39 is 0 Å². The minimum Gasteiger partial charge on any atom is -0.349 e. The van der Waals surface area contributed by atoms with Crippen LogP contribution in [0.5, 0.6) is 0 Å². The number of benzene rings is 1. The molecule has 1 unspecified atom stereocenters. The van der Waals surface area contributed by atoms with E-state index in [1.54, 1.807) is 53.7 Å². The Morgan fingerprint density at radius 3 is 2.38 bits per heavy atom. The topological polar surface area (TPSA) is 82.6 Å². The smallest absolute Gasteiger partial charge is 0.253 e. The second-order valence-corrected chi connectivity index (χ2v) is 8.85. The van der Waals surface area contributed by atoms with Gasteiger partial charge in [-0.1, -0.05) is 11.6 Å². The normalized spacial score (nSPS) is 19.5. The molecule has 4 rings (SSSR count). The molecule has 2 aromatic rings. The Balaban J connectivity index is 1.28. The molecular formula is C24H27ClN4O3. The van der Waals surface area contributed by atoms with E-state index in [0.29, 0.717) is 42.3 Å². The Morgan fingerprint density at radius 1 is 0.938 bits per heavy atom. The van der Waals surface area contributed by atoms with Crippen molar-refractivity contribution in [2.75, 3.05) is 26.2 Å². The summed E-state index contributed by atoms with van der Waals surface area (Å²) in [5.74, 6) is -0.264. The Labute approximate surface area is 192 Å². The van der Waals surface area contributed by atoms with Crippen LogP contribution in [0.2, 0.25) is 5.02 Å². The van der Waals surface area contributed by atoms with E-state index in [1.165, 1.54) is 0 Å². The lowest BCUT2D eigenvalue weighted by molar-refractivity contribution is -0.138. The maximum absolute atomic E-state index is 13.1. The lowest BCUT2D eigenvalue weighted by atomic mass is 9.94. The van der Waals surface area contributed by atoms with Gasteiger partial charge < -0.3 is 15.1 Å². The molecule has 2 aliphatic heterocycles. The molecule has 2 saturated heterocycles. The number of halogens is 1. The Hall–Kier alpha value is -2.93. The Kier molecular flexibility index (Phi) is 7.05. The Morgan fingerprint density at radius 2 is 1.69 bits per heavy atom. The molecule has 2 fully saturated rings. The molecule has 7 nitrogen and oxygen atoms in total. The molecule has 1 N–H and O–H groups in total. The molecule has 3 heterocycles. The second kappa shape index (κ2) is 10.1. The van der Waals surface area contributed by atoms with Crippen LogP contribution in [0, 0.1) is 5.92 Å². The number of nitrogens with one attached hydrogen (secondary N) is 1. The van der Waals surface area contributed by atoms with Gasteiger partial charge in [0.1, 0.15) is 0 Å². The molecule has 8 heteroatoms. The summed E-state index contributed by atoms with van der Waals surface area (Å²) in [7, 11) is 0. The number of likely N-dealkylation sites (tertiary alicyclic amines) is 2. The van der Waals surface area contributed by atoms with E-state index in [0.717, 1.165) is 25.7 Å². The summed E-state index contributed by atoms with van der Waals surface area (Å²) in [5.41, 5.74) is 1.13. The third-order valence-corrected chi connectivity index (χ3v) is 6.47. The summed E-state index contributed by atoms with van der Waals surface area (Å²) >= 11 is 5.92. The summed E-state index contributed by atoms with van der Waals surface area (Å²) in [4.78, 5) is 45.9. The minimum absolute atomic E-state index is 0.0427. The summed E-state index contributed by atoms with van der Waals surface area (Å²) in [5, 5.41) is 3.63. The van der Waals surface area contributed by atoms with Gasteiger partial charge in [0, 0.05) is 55.2 Å². The van der Waals surface area contributed by atoms with Gasteiger partial charge >= 0.3 is 0 Å². The third-order valence-electron chi connectivity index (χ3n) is 6.21. The molecule has 0 bridgehead atoms. The standard InChI is InChI=1S/C24H27ClN4O3/c25-20-7-5-17(6-8-20)23(31)29-12-2-4-19(16-29)24(32)28-13-9-21(10-14-28)27-22(30)18-3-1-11-26-15-18/h1,3,5-8,11,15,19,21H,2,4,9-10,12-14,16H2,(H,27,30). The molecule has 0 radical (unpaired) electrons. The molecule has 168 valence electrons. The molecule has 0 spiro atoms. The number of carbonyl (C=O) groups is 3. The van der Waals surface area contributed by atoms with Crippen molar-refractivity contribution < 1.29 is 14.4 Å². The summed E-state index contributed by atoms with van der Waals surface area (Å²) in [6.45, 7) is 2.32. The number of hydrogen-bond donors (Lipinski definition) is 1. The fraction of sp³-hybridized carbons (Fsp3) is 0.417. The van der Waals surface area contributed by atoms with Crippen LogP contribution in [0.3, 0.4) is 0 Å². The van der Waals surface area contributed by atoms with Crippen LogP contribution >= 0.6 is 11.6 Å². The van der Waals surface area contributed by atoms with E-state index >= 15 is 0 Å². The van der Waals surface area contributed by atoms with Crippen LogP contribution < -0.4 is 5.32 Å². The van der Waals surface area contributed by atoms with Crippen LogP contribution in [-0.4, -0.2) is 64.7 Å². The van der Waals surface area contributed by atoms with Gasteiger partial charge in [-0.25, -0.2) is 0 Å². The second-order valence-electron chi connectivity index (χ2n) is 8.41. The largest absolute Gasteiger partial charge is 0.349 e. The first-order valence-corrected chi connectivity index (χ1v) is 11.4. The molecule has 32 heavy (non-hydrogen) atoms. The van der Waals surface area contributed by atoms with Crippen molar-refractivity contribution >= 4 is 29.3 Å². The fourth-order valence-electron chi connectivity index (χ4n) is 4.41. The predicted molar refractivity (Wildman–Crippen MR) is 121 cm³/mol. The number of piperidine rings is 2. The zero-order chi connectivity index (χ0) is 22.5. The van der Waals surface area contributed by atoms with E-state index in [2.05, 4.69) is 10.3 Å². The van der Waals surface area contributed by atoms with Gasteiger partial charge in [-0.3, -0.25) is 19.4 Å². The van der Waals surface area contributed by atoms with Gasteiger partial charge in [-0.15, -0.1) is 0 Å². The van der Waals surface area contributed by atoms with Gasteiger partial charge in [0.25, 0.3) is 11.8 Å². The van der Waals surface area contributed by atoms with Crippen LogP contribution in [0.4, 0.5) is 0 Å². The van der Waals surface area contributed by atoms with Crippen molar-refractivity contribution in [3.8, 4) is 0 Å². The average Bonchev–Trinajstić information content (AvgIpc) is 2.85. The quantitative estimate of drug-likeness (QED) is 0.769. The van der Waals surface area contributed by atoms with Crippen molar-refractivity contribution in [2.45, 2.75) is 31.7 Å². The zero-order valence-electron chi connectivity index (χ0n) is 17.9. The van der Waals surface area contributed by atoms with Gasteiger partial charge in [0.05, 0.1) is 11.5 Å². The van der Waals surface area contributed by atoms with E-state index in [1.807, 2.05) is 4.90 Å². The van der Waals surface area contributed by atoms with E-state index in [-0.39, 0.29) is 29.7 Å². The zero-order valence-corrected chi connectivity index (χ0v) is 18.6. The van der Waals surface area contributed by atoms with Crippen molar-refractivity contribution in [3.05, 3.63) is 64.9 Å². The van der Waals surface area contributed by atoms with Gasteiger partial charge in [0.15, 0.2) is 0 Å². The number of aromatic nitrogens is 1. The number of nitrogens with zero attached hydrogens (tertiary/aromatic N) is 3. The van der Waals surface area contributed by atoms with Crippen molar-refractivity contribution in [1.29, 1.82) is 0 Å². The average molecular weight is 455 g/mol. The molecule has 2 aliphatic rings. The molecule has 3 amide bonds. The van der Waals surface area contributed by atoms with Crippen molar-refractivity contribution in [1.82, 2.24) is 20.1 Å². The van der Waals surface area contributed by atoms with Gasteiger partial charge in [0.2, 0.25) is 5.91 Å². The lowest BCUT2D eigenvalue weighted by Crippen LogP contribution is -2.51. The van der Waals surface area contributed by atoms with E-state index in [4.69, 9.17) is 11.6 Å². The molecule has 1 atom stereocenters. The van der Waals surface area contributed by atoms with Crippen molar-refractivity contribution in [3.63, 3.8) is 0 Å². The maximum atomic E-state index is 13.1. The summed E-state index contributed by atoms with van der Waals surface area (Å²) < 4.78 is 0. The minimum atomic E-state index is -0.179. The highest BCUT2D eigenvalue weighted by molar-refractivity contribution is 6.30. The number of hydrogen-bond acceptors (Lipinski definition) is 4. The van der Waals surface area contributed by atoms with Gasteiger partial charge in [-0.05, 0) is 62.1 Å². The van der Waals surface area contributed by atoms with Crippen LogP contribution in [-0.2, 0) is 4.79 Å². The van der Waals surface area contributed by atoms with Crippen molar-refractivity contribution in [2.24, 2.45) is 5.92 Å². The fourth-order valence-corrected chi connectivity index (χ4v) is 4.53. The SMILES string of the molecule is O=C(NC1CCN(C(=O)C2CCCN(C(=O)c3ccc(Cl)cc3)C2)CC1)c1cccnc1. The van der Waals surface area contributed by atoms with Gasteiger partial charge in [-0.2, -0.15) is 0 Å². The van der Waals surface area contributed by atoms with E-state index in [9.17, 15) is 14.4 Å². The first-order chi connectivity index (χ1) is 15.5. The first-order valence-electron chi connectivity index (χ1n) is 11.1. The number of pyridine rings is 1. The molecule has 1 aromatic heterocycles. The highest BCUT2D eigenvalue weighted by Gasteiger charge is 2.33. The maximum Gasteiger partial charge on any atom is 0.253 e. The van der Waals surface area contributed by atoms with Crippen LogP contribution in [0.15, 0.2) is 48.8 Å². The monoisotopic (exact) mass is 454 g/mol. The van der Waals surface area contributed by atoms with Crippen LogP contribution in [0.25, 0.3) is 0 Å². The predicted octanol–water partition coefficient (Wildman–Crippen LogP) is 3.01. The first kappa shape index (κ1) is 22.3. The Bertz CT molecular complexity index is 959. The third kappa shape index (κ3) is 5.27. The number of rotatable bonds is 4. The highest BCUT2D eigenvalue weighted by atomic mass is 35.5. The number of amides is 3. The van der Waals surface area contributed by atoms with Crippen LogP contribution in [0.1, 0.15) is 46.4 Å².